The molecule has 2 aromatic rings. The molecule has 0 aliphatic rings. The van der Waals surface area contributed by atoms with Crippen molar-refractivity contribution in [2.24, 2.45) is 0 Å². The minimum atomic E-state index is -0.133. The molecule has 0 unspecified atom stereocenters. The van der Waals surface area contributed by atoms with Crippen LogP contribution in [0.5, 0.6) is 0 Å². The van der Waals surface area contributed by atoms with Gasteiger partial charge in [0.25, 0.3) is 0 Å². The van der Waals surface area contributed by atoms with E-state index in [1.54, 1.807) is 12.1 Å². The second kappa shape index (κ2) is 4.84. The lowest BCUT2D eigenvalue weighted by molar-refractivity contribution is 0.797. The number of aromatic amines is 1. The van der Waals surface area contributed by atoms with Gasteiger partial charge in [-0.2, -0.15) is 5.26 Å². The van der Waals surface area contributed by atoms with Crippen LogP contribution in [-0.2, 0) is 6.42 Å². The molecule has 0 saturated heterocycles. The Morgan fingerprint density at radius 2 is 2.24 bits per heavy atom. The number of aryl methyl sites for hydroxylation is 1. The van der Waals surface area contributed by atoms with Gasteiger partial charge in [-0.25, -0.2) is 0 Å². The summed E-state index contributed by atoms with van der Waals surface area (Å²) >= 11 is 0. The smallest absolute Gasteiger partial charge is 0.248 e. The van der Waals surface area contributed by atoms with Crippen LogP contribution in [0.3, 0.4) is 0 Å². The molecular formula is C14H14N2O. The molecule has 17 heavy (non-hydrogen) atoms. The lowest BCUT2D eigenvalue weighted by atomic mass is 10.0. The second-order valence-electron chi connectivity index (χ2n) is 4.10. The van der Waals surface area contributed by atoms with Crippen molar-refractivity contribution in [3.63, 3.8) is 0 Å². The molecule has 0 fully saturated rings. The van der Waals surface area contributed by atoms with Crippen LogP contribution in [0.2, 0.25) is 0 Å². The van der Waals surface area contributed by atoms with Crippen LogP contribution in [0.15, 0.2) is 29.1 Å². The number of unbranched alkanes of at least 4 members (excludes halogenated alkanes) is 1. The highest BCUT2D eigenvalue weighted by molar-refractivity contribution is 5.86. The summed E-state index contributed by atoms with van der Waals surface area (Å²) in [4.78, 5) is 14.3. The van der Waals surface area contributed by atoms with Gasteiger partial charge in [0.1, 0.15) is 6.07 Å². The SMILES string of the molecule is CCCCc1cc(=O)[nH]c2c(C#N)cccc12. The monoisotopic (exact) mass is 226 g/mol. The average Bonchev–Trinajstić information content (AvgIpc) is 2.35. The molecule has 86 valence electrons. The average molecular weight is 226 g/mol. The quantitative estimate of drug-likeness (QED) is 0.874. The molecule has 0 radical (unpaired) electrons. The highest BCUT2D eigenvalue weighted by Gasteiger charge is 2.06. The number of para-hydroxylation sites is 1. The number of rotatable bonds is 3. The fourth-order valence-electron chi connectivity index (χ4n) is 2.02. The van der Waals surface area contributed by atoms with Crippen molar-refractivity contribution in [2.75, 3.05) is 0 Å². The lowest BCUT2D eigenvalue weighted by Crippen LogP contribution is -2.07. The summed E-state index contributed by atoms with van der Waals surface area (Å²) in [6.45, 7) is 2.12. The van der Waals surface area contributed by atoms with E-state index in [0.29, 0.717) is 11.1 Å². The van der Waals surface area contributed by atoms with Crippen molar-refractivity contribution in [1.82, 2.24) is 4.98 Å². The molecule has 2 rings (SSSR count). The standard InChI is InChI=1S/C14H14N2O/c1-2-3-5-10-8-13(17)16-14-11(9-15)6-4-7-12(10)14/h4,6-8H,2-3,5H2,1H3,(H,16,17). The molecule has 1 aromatic heterocycles. The third-order valence-corrected chi connectivity index (χ3v) is 2.88. The van der Waals surface area contributed by atoms with Crippen LogP contribution in [0.25, 0.3) is 10.9 Å². The Hall–Kier alpha value is -2.08. The van der Waals surface area contributed by atoms with E-state index in [9.17, 15) is 4.79 Å². The van der Waals surface area contributed by atoms with Gasteiger partial charge in [-0.15, -0.1) is 0 Å². The molecule has 0 aliphatic carbocycles. The lowest BCUT2D eigenvalue weighted by Gasteiger charge is -2.06. The summed E-state index contributed by atoms with van der Waals surface area (Å²) in [6.07, 6.45) is 3.02. The number of pyridine rings is 1. The predicted molar refractivity (Wildman–Crippen MR) is 67.9 cm³/mol. The molecule has 0 atom stereocenters. The van der Waals surface area contributed by atoms with Crippen LogP contribution in [0, 0.1) is 11.3 Å². The van der Waals surface area contributed by atoms with Gasteiger partial charge in [-0.1, -0.05) is 25.5 Å². The number of H-pyrrole nitrogens is 1. The van der Waals surface area contributed by atoms with E-state index < -0.39 is 0 Å². The summed E-state index contributed by atoms with van der Waals surface area (Å²) in [6, 6.07) is 9.28. The van der Waals surface area contributed by atoms with Crippen molar-refractivity contribution >= 4 is 10.9 Å². The van der Waals surface area contributed by atoms with Gasteiger partial charge in [0.15, 0.2) is 0 Å². The first kappa shape index (κ1) is 11.4. The maximum atomic E-state index is 11.6. The van der Waals surface area contributed by atoms with Gasteiger partial charge in [0.2, 0.25) is 5.56 Å². The van der Waals surface area contributed by atoms with E-state index in [4.69, 9.17) is 5.26 Å². The molecule has 0 amide bonds. The number of fused-ring (bicyclic) bond motifs is 1. The van der Waals surface area contributed by atoms with Crippen molar-refractivity contribution in [2.45, 2.75) is 26.2 Å². The molecular weight excluding hydrogens is 212 g/mol. The molecule has 3 heteroatoms. The van der Waals surface area contributed by atoms with Gasteiger partial charge in [-0.3, -0.25) is 4.79 Å². The van der Waals surface area contributed by atoms with E-state index in [-0.39, 0.29) is 5.56 Å². The van der Waals surface area contributed by atoms with Crippen LogP contribution < -0.4 is 5.56 Å². The molecule has 0 saturated carbocycles. The topological polar surface area (TPSA) is 56.6 Å². The first-order valence-electron chi connectivity index (χ1n) is 5.81. The van der Waals surface area contributed by atoms with Gasteiger partial charge in [0.05, 0.1) is 11.1 Å². The Labute approximate surface area is 99.7 Å². The molecule has 1 N–H and O–H groups in total. The molecule has 0 spiro atoms. The Kier molecular flexibility index (Phi) is 3.24. The zero-order chi connectivity index (χ0) is 12.3. The Bertz CT molecular complexity index is 635. The third-order valence-electron chi connectivity index (χ3n) is 2.88. The first-order valence-corrected chi connectivity index (χ1v) is 5.81. The molecule has 0 aliphatic heterocycles. The van der Waals surface area contributed by atoms with Crippen molar-refractivity contribution in [3.8, 4) is 6.07 Å². The van der Waals surface area contributed by atoms with Crippen molar-refractivity contribution < 1.29 is 0 Å². The number of nitriles is 1. The first-order chi connectivity index (χ1) is 8.26. The predicted octanol–water partition coefficient (Wildman–Crippen LogP) is 2.74. The minimum absolute atomic E-state index is 0.133. The number of aromatic nitrogens is 1. The zero-order valence-corrected chi connectivity index (χ0v) is 9.79. The minimum Gasteiger partial charge on any atom is -0.321 e. The Morgan fingerprint density at radius 1 is 1.41 bits per heavy atom. The van der Waals surface area contributed by atoms with Crippen molar-refractivity contribution in [1.29, 1.82) is 5.26 Å². The number of hydrogen-bond donors (Lipinski definition) is 1. The molecule has 3 nitrogen and oxygen atoms in total. The Balaban J connectivity index is 2.69. The van der Waals surface area contributed by atoms with Gasteiger partial charge in [-0.05, 0) is 24.5 Å². The third kappa shape index (κ3) is 2.21. The highest BCUT2D eigenvalue weighted by Crippen LogP contribution is 2.19. The number of hydrogen-bond acceptors (Lipinski definition) is 2. The number of nitrogens with zero attached hydrogens (tertiary/aromatic N) is 1. The van der Waals surface area contributed by atoms with Gasteiger partial charge in [0, 0.05) is 11.5 Å². The van der Waals surface area contributed by atoms with Crippen LogP contribution in [-0.4, -0.2) is 4.98 Å². The molecule has 0 bridgehead atoms. The fourth-order valence-corrected chi connectivity index (χ4v) is 2.02. The summed E-state index contributed by atoms with van der Waals surface area (Å²) in [5, 5.41) is 10.0. The normalized spacial score (nSPS) is 10.4. The number of benzene rings is 1. The molecule has 1 aromatic carbocycles. The van der Waals surface area contributed by atoms with E-state index in [0.717, 1.165) is 30.2 Å². The molecule has 1 heterocycles. The van der Waals surface area contributed by atoms with Crippen LogP contribution >= 0.6 is 0 Å². The van der Waals surface area contributed by atoms with E-state index in [1.165, 1.54) is 0 Å². The Morgan fingerprint density at radius 3 is 2.94 bits per heavy atom. The van der Waals surface area contributed by atoms with Gasteiger partial charge >= 0.3 is 0 Å². The fraction of sp³-hybridized carbons (Fsp3) is 0.286. The van der Waals surface area contributed by atoms with Crippen LogP contribution in [0.4, 0.5) is 0 Å². The van der Waals surface area contributed by atoms with Crippen molar-refractivity contribution in [3.05, 3.63) is 45.7 Å². The largest absolute Gasteiger partial charge is 0.321 e. The number of nitrogens with one attached hydrogen (secondary N) is 1. The van der Waals surface area contributed by atoms with Gasteiger partial charge < -0.3 is 4.98 Å². The zero-order valence-electron chi connectivity index (χ0n) is 9.79. The summed E-state index contributed by atoms with van der Waals surface area (Å²) in [7, 11) is 0. The maximum absolute atomic E-state index is 11.6. The van der Waals surface area contributed by atoms with E-state index >= 15 is 0 Å². The second-order valence-corrected chi connectivity index (χ2v) is 4.10. The highest BCUT2D eigenvalue weighted by atomic mass is 16.1. The summed E-state index contributed by atoms with van der Waals surface area (Å²) in [5.74, 6) is 0. The van der Waals surface area contributed by atoms with E-state index in [2.05, 4.69) is 18.0 Å². The van der Waals surface area contributed by atoms with Crippen LogP contribution in [0.1, 0.15) is 30.9 Å². The summed E-state index contributed by atoms with van der Waals surface area (Å²) in [5.41, 5.74) is 2.08. The van der Waals surface area contributed by atoms with E-state index in [1.807, 2.05) is 12.1 Å². The maximum Gasteiger partial charge on any atom is 0.248 e. The summed E-state index contributed by atoms with van der Waals surface area (Å²) < 4.78 is 0.